The molecule has 0 unspecified atom stereocenters. The standard InChI is InChI=1S/C24H25N3O5S/c1-16-10-11-19(14-22(16)33(30,31)26(2)3)25-23(28)20-13-17-7-4-5-8-18(17)15-27(20)24(29)21-9-6-12-32-21/h4-12,14,20H,13,15H2,1-3H3,(H,25,28)/t20-/m0/s1. The molecule has 2 heterocycles. The van der Waals surface area contributed by atoms with Gasteiger partial charge in [0.2, 0.25) is 15.9 Å². The van der Waals surface area contributed by atoms with Crippen molar-refractivity contribution in [1.29, 1.82) is 0 Å². The lowest BCUT2D eigenvalue weighted by atomic mass is 9.93. The van der Waals surface area contributed by atoms with Gasteiger partial charge in [-0.1, -0.05) is 30.3 Å². The van der Waals surface area contributed by atoms with Gasteiger partial charge in [-0.3, -0.25) is 9.59 Å². The summed E-state index contributed by atoms with van der Waals surface area (Å²) < 4.78 is 31.7. The van der Waals surface area contributed by atoms with E-state index >= 15 is 0 Å². The summed E-state index contributed by atoms with van der Waals surface area (Å²) in [5, 5.41) is 2.80. The lowest BCUT2D eigenvalue weighted by molar-refractivity contribution is -0.121. The Kier molecular flexibility index (Phi) is 6.09. The van der Waals surface area contributed by atoms with E-state index in [1.807, 2.05) is 24.3 Å². The Morgan fingerprint density at radius 1 is 1.06 bits per heavy atom. The molecular weight excluding hydrogens is 442 g/mol. The van der Waals surface area contributed by atoms with E-state index in [0.717, 1.165) is 15.4 Å². The number of nitrogens with one attached hydrogen (secondary N) is 1. The smallest absolute Gasteiger partial charge is 0.290 e. The zero-order valence-electron chi connectivity index (χ0n) is 18.6. The first-order chi connectivity index (χ1) is 15.7. The third kappa shape index (κ3) is 4.42. The van der Waals surface area contributed by atoms with Crippen molar-refractivity contribution in [2.45, 2.75) is 30.8 Å². The van der Waals surface area contributed by atoms with Crippen LogP contribution in [0.15, 0.2) is 70.2 Å². The third-order valence-electron chi connectivity index (χ3n) is 5.76. The Labute approximate surface area is 192 Å². The molecule has 172 valence electrons. The number of aryl methyl sites for hydroxylation is 1. The van der Waals surface area contributed by atoms with E-state index < -0.39 is 22.0 Å². The fourth-order valence-electron chi connectivity index (χ4n) is 3.89. The maximum atomic E-state index is 13.3. The highest BCUT2D eigenvalue weighted by Crippen LogP contribution is 2.27. The number of amides is 2. The van der Waals surface area contributed by atoms with Crippen LogP contribution in [-0.2, 0) is 27.8 Å². The summed E-state index contributed by atoms with van der Waals surface area (Å²) in [7, 11) is -0.767. The maximum absolute atomic E-state index is 13.3. The highest BCUT2D eigenvalue weighted by atomic mass is 32.2. The number of benzene rings is 2. The molecule has 1 aliphatic rings. The largest absolute Gasteiger partial charge is 0.459 e. The average molecular weight is 468 g/mol. The van der Waals surface area contributed by atoms with Gasteiger partial charge in [-0.15, -0.1) is 0 Å². The molecule has 1 N–H and O–H groups in total. The van der Waals surface area contributed by atoms with Gasteiger partial charge in [-0.25, -0.2) is 12.7 Å². The molecule has 0 aliphatic carbocycles. The van der Waals surface area contributed by atoms with Gasteiger partial charge in [0, 0.05) is 32.7 Å². The van der Waals surface area contributed by atoms with E-state index in [2.05, 4.69) is 5.32 Å². The molecule has 2 amide bonds. The minimum atomic E-state index is -3.68. The molecule has 0 radical (unpaired) electrons. The molecule has 1 atom stereocenters. The molecule has 8 nitrogen and oxygen atoms in total. The maximum Gasteiger partial charge on any atom is 0.290 e. The van der Waals surface area contributed by atoms with Gasteiger partial charge >= 0.3 is 0 Å². The van der Waals surface area contributed by atoms with E-state index in [4.69, 9.17) is 4.42 Å². The first-order valence-corrected chi connectivity index (χ1v) is 11.9. The quantitative estimate of drug-likeness (QED) is 0.622. The fraction of sp³-hybridized carbons (Fsp3) is 0.250. The summed E-state index contributed by atoms with van der Waals surface area (Å²) in [5.41, 5.74) is 2.87. The second-order valence-corrected chi connectivity index (χ2v) is 10.3. The minimum Gasteiger partial charge on any atom is -0.459 e. The normalized spacial score (nSPS) is 15.9. The Bertz CT molecular complexity index is 1300. The molecule has 0 saturated heterocycles. The fourth-order valence-corrected chi connectivity index (χ4v) is 5.03. The summed E-state index contributed by atoms with van der Waals surface area (Å²) in [6, 6.07) is 14.8. The summed E-state index contributed by atoms with van der Waals surface area (Å²) in [4.78, 5) is 28.1. The molecule has 33 heavy (non-hydrogen) atoms. The number of rotatable bonds is 5. The van der Waals surface area contributed by atoms with Crippen LogP contribution in [0.1, 0.15) is 27.2 Å². The zero-order chi connectivity index (χ0) is 23.8. The molecule has 0 saturated carbocycles. The highest BCUT2D eigenvalue weighted by Gasteiger charge is 2.36. The third-order valence-corrected chi connectivity index (χ3v) is 7.72. The molecule has 4 rings (SSSR count). The van der Waals surface area contributed by atoms with Crippen LogP contribution in [0.3, 0.4) is 0 Å². The van der Waals surface area contributed by atoms with Crippen LogP contribution >= 0.6 is 0 Å². The molecule has 1 aromatic heterocycles. The molecule has 0 spiro atoms. The van der Waals surface area contributed by atoms with Crippen molar-refractivity contribution < 1.29 is 22.4 Å². The summed E-state index contributed by atoms with van der Waals surface area (Å²) in [6.07, 6.45) is 1.75. The Hall–Kier alpha value is -3.43. The summed E-state index contributed by atoms with van der Waals surface area (Å²) in [6.45, 7) is 1.96. The summed E-state index contributed by atoms with van der Waals surface area (Å²) >= 11 is 0. The van der Waals surface area contributed by atoms with E-state index in [1.165, 1.54) is 31.3 Å². The molecule has 3 aromatic rings. The van der Waals surface area contributed by atoms with Crippen molar-refractivity contribution in [1.82, 2.24) is 9.21 Å². The Morgan fingerprint density at radius 3 is 2.45 bits per heavy atom. The molecule has 1 aliphatic heterocycles. The van der Waals surface area contributed by atoms with Gasteiger partial charge in [0.05, 0.1) is 11.2 Å². The van der Waals surface area contributed by atoms with Gasteiger partial charge in [-0.05, 0) is 47.9 Å². The summed E-state index contributed by atoms with van der Waals surface area (Å²) in [5.74, 6) is -0.627. The number of carbonyl (C=O) groups excluding carboxylic acids is 2. The van der Waals surface area contributed by atoms with Crippen LogP contribution in [-0.4, -0.2) is 49.6 Å². The van der Waals surface area contributed by atoms with E-state index in [0.29, 0.717) is 17.7 Å². The number of hydrogen-bond donors (Lipinski definition) is 1. The monoisotopic (exact) mass is 467 g/mol. The molecule has 0 bridgehead atoms. The van der Waals surface area contributed by atoms with Gasteiger partial charge in [0.15, 0.2) is 5.76 Å². The lowest BCUT2D eigenvalue weighted by Gasteiger charge is -2.35. The number of hydrogen-bond acceptors (Lipinski definition) is 5. The van der Waals surface area contributed by atoms with Gasteiger partial charge < -0.3 is 14.6 Å². The van der Waals surface area contributed by atoms with E-state index in [1.54, 1.807) is 31.2 Å². The Morgan fingerprint density at radius 2 is 1.79 bits per heavy atom. The topological polar surface area (TPSA) is 99.9 Å². The second kappa shape index (κ2) is 8.84. The first-order valence-electron chi connectivity index (χ1n) is 10.4. The predicted octanol–water partition coefficient (Wildman–Crippen LogP) is 3.04. The van der Waals surface area contributed by atoms with Crippen LogP contribution < -0.4 is 5.32 Å². The van der Waals surface area contributed by atoms with Crippen LogP contribution in [0.5, 0.6) is 0 Å². The molecule has 2 aromatic carbocycles. The van der Waals surface area contributed by atoms with Crippen LogP contribution in [0.2, 0.25) is 0 Å². The van der Waals surface area contributed by atoms with Crippen molar-refractivity contribution in [2.24, 2.45) is 0 Å². The molecule has 0 fully saturated rings. The first kappa shape index (κ1) is 22.8. The van der Waals surface area contributed by atoms with Gasteiger partial charge in [0.1, 0.15) is 6.04 Å². The van der Waals surface area contributed by atoms with Crippen molar-refractivity contribution in [2.75, 3.05) is 19.4 Å². The van der Waals surface area contributed by atoms with Crippen molar-refractivity contribution in [3.63, 3.8) is 0 Å². The second-order valence-electron chi connectivity index (χ2n) is 8.16. The number of sulfonamides is 1. The minimum absolute atomic E-state index is 0.114. The van der Waals surface area contributed by atoms with E-state index in [9.17, 15) is 18.0 Å². The van der Waals surface area contributed by atoms with Crippen LogP contribution in [0, 0.1) is 6.92 Å². The van der Waals surface area contributed by atoms with Crippen molar-refractivity contribution in [3.05, 3.63) is 83.3 Å². The molecule has 9 heteroatoms. The Balaban J connectivity index is 1.65. The van der Waals surface area contributed by atoms with Crippen LogP contribution in [0.25, 0.3) is 0 Å². The number of nitrogens with zero attached hydrogens (tertiary/aromatic N) is 2. The average Bonchev–Trinajstić information content (AvgIpc) is 3.33. The van der Waals surface area contributed by atoms with Crippen molar-refractivity contribution in [3.8, 4) is 0 Å². The number of fused-ring (bicyclic) bond motifs is 1. The van der Waals surface area contributed by atoms with Crippen LogP contribution in [0.4, 0.5) is 5.69 Å². The SMILES string of the molecule is Cc1ccc(NC(=O)[C@@H]2Cc3ccccc3CN2C(=O)c2ccco2)cc1S(=O)(=O)N(C)C. The zero-order valence-corrected chi connectivity index (χ0v) is 19.4. The lowest BCUT2D eigenvalue weighted by Crippen LogP contribution is -2.50. The van der Waals surface area contributed by atoms with Gasteiger partial charge in [-0.2, -0.15) is 0 Å². The molecular formula is C24H25N3O5S. The predicted molar refractivity (Wildman–Crippen MR) is 123 cm³/mol. The van der Waals surface area contributed by atoms with E-state index in [-0.39, 0.29) is 23.1 Å². The highest BCUT2D eigenvalue weighted by molar-refractivity contribution is 7.89. The number of furan rings is 1. The number of anilines is 1. The number of carbonyl (C=O) groups is 2. The van der Waals surface area contributed by atoms with Crippen molar-refractivity contribution >= 4 is 27.5 Å². The van der Waals surface area contributed by atoms with Gasteiger partial charge in [0.25, 0.3) is 5.91 Å².